The SMILES string of the molecule is [O-][n+]1nccc2ccnnc21. The molecule has 0 unspecified atom stereocenters. The van der Waals surface area contributed by atoms with Gasteiger partial charge in [0.2, 0.25) is 0 Å². The van der Waals surface area contributed by atoms with E-state index in [1.165, 1.54) is 12.4 Å². The lowest BCUT2D eigenvalue weighted by atomic mass is 10.3. The molecule has 0 fully saturated rings. The number of rotatable bonds is 0. The summed E-state index contributed by atoms with van der Waals surface area (Å²) in [6.07, 6.45) is 2.96. The molecule has 2 heterocycles. The monoisotopic (exact) mass is 148 g/mol. The lowest BCUT2D eigenvalue weighted by Crippen LogP contribution is -2.32. The Morgan fingerprint density at radius 2 is 2.09 bits per heavy atom. The van der Waals surface area contributed by atoms with E-state index in [0.29, 0.717) is 4.85 Å². The highest BCUT2D eigenvalue weighted by molar-refractivity contribution is 5.69. The minimum atomic E-state index is 0.245. The van der Waals surface area contributed by atoms with E-state index in [2.05, 4.69) is 15.3 Å². The summed E-state index contributed by atoms with van der Waals surface area (Å²) in [6, 6.07) is 3.41. The van der Waals surface area contributed by atoms with Crippen molar-refractivity contribution in [2.75, 3.05) is 0 Å². The number of nitrogens with zero attached hydrogens (tertiary/aromatic N) is 4. The third kappa shape index (κ3) is 0.861. The van der Waals surface area contributed by atoms with Gasteiger partial charge in [-0.3, -0.25) is 0 Å². The molecule has 0 saturated carbocycles. The molecular weight excluding hydrogens is 144 g/mol. The average Bonchev–Trinajstić information content (AvgIpc) is 2.06. The van der Waals surface area contributed by atoms with Gasteiger partial charge in [-0.1, -0.05) is 5.10 Å². The first kappa shape index (κ1) is 5.96. The Hall–Kier alpha value is -1.78. The minimum Gasteiger partial charge on any atom is -0.690 e. The second-order valence-electron chi connectivity index (χ2n) is 2.01. The summed E-state index contributed by atoms with van der Waals surface area (Å²) in [6.45, 7) is 0. The Morgan fingerprint density at radius 1 is 1.27 bits per heavy atom. The van der Waals surface area contributed by atoms with Crippen LogP contribution in [0.4, 0.5) is 0 Å². The zero-order valence-corrected chi connectivity index (χ0v) is 5.51. The standard InChI is InChI=1S/C6H4N4O/c11-10-6-5(2-4-8-10)1-3-7-9-6/h1-4H. The van der Waals surface area contributed by atoms with Crippen LogP contribution in [0, 0.1) is 5.21 Å². The van der Waals surface area contributed by atoms with Crippen molar-refractivity contribution in [2.45, 2.75) is 0 Å². The summed E-state index contributed by atoms with van der Waals surface area (Å²) in [5, 5.41) is 22.3. The van der Waals surface area contributed by atoms with Gasteiger partial charge in [0.1, 0.15) is 0 Å². The molecule has 0 bridgehead atoms. The van der Waals surface area contributed by atoms with Crippen molar-refractivity contribution >= 4 is 11.0 Å². The van der Waals surface area contributed by atoms with Crippen molar-refractivity contribution in [3.05, 3.63) is 29.7 Å². The van der Waals surface area contributed by atoms with Crippen LogP contribution in [-0.4, -0.2) is 15.3 Å². The lowest BCUT2D eigenvalue weighted by Gasteiger charge is -1.96. The number of hydrogen-bond acceptors (Lipinski definition) is 4. The maximum Gasteiger partial charge on any atom is 0.381 e. The van der Waals surface area contributed by atoms with Crippen LogP contribution < -0.4 is 4.85 Å². The zero-order valence-electron chi connectivity index (χ0n) is 5.51. The molecule has 11 heavy (non-hydrogen) atoms. The van der Waals surface area contributed by atoms with E-state index in [9.17, 15) is 5.21 Å². The molecular formula is C6H4N4O. The molecule has 0 aliphatic rings. The quantitative estimate of drug-likeness (QED) is 0.378. The lowest BCUT2D eigenvalue weighted by molar-refractivity contribution is -0.644. The fraction of sp³-hybridized carbons (Fsp3) is 0. The molecule has 0 saturated heterocycles. The summed E-state index contributed by atoms with van der Waals surface area (Å²) in [5.74, 6) is 0. The minimum absolute atomic E-state index is 0.245. The van der Waals surface area contributed by atoms with Gasteiger partial charge in [-0.05, 0) is 17.2 Å². The van der Waals surface area contributed by atoms with Crippen LogP contribution in [-0.2, 0) is 0 Å². The van der Waals surface area contributed by atoms with Crippen LogP contribution in [0.15, 0.2) is 24.5 Å². The van der Waals surface area contributed by atoms with E-state index < -0.39 is 0 Å². The molecule has 0 aromatic carbocycles. The van der Waals surface area contributed by atoms with Gasteiger partial charge in [-0.15, -0.1) is 4.85 Å². The molecule has 0 aliphatic heterocycles. The van der Waals surface area contributed by atoms with E-state index in [1.807, 2.05) is 0 Å². The van der Waals surface area contributed by atoms with Gasteiger partial charge >= 0.3 is 5.65 Å². The molecule has 5 heteroatoms. The van der Waals surface area contributed by atoms with Gasteiger partial charge in [0.25, 0.3) is 0 Å². The van der Waals surface area contributed by atoms with Crippen LogP contribution in [0.2, 0.25) is 0 Å². The second kappa shape index (κ2) is 2.12. The van der Waals surface area contributed by atoms with Crippen molar-refractivity contribution in [1.82, 2.24) is 15.3 Å². The molecule has 2 aromatic rings. The van der Waals surface area contributed by atoms with Crippen molar-refractivity contribution in [3.63, 3.8) is 0 Å². The molecule has 0 N–H and O–H groups in total. The van der Waals surface area contributed by atoms with Gasteiger partial charge in [0.05, 0.1) is 22.9 Å². The molecule has 0 aliphatic carbocycles. The average molecular weight is 148 g/mol. The smallest absolute Gasteiger partial charge is 0.381 e. The summed E-state index contributed by atoms with van der Waals surface area (Å²) < 4.78 is 0. The zero-order chi connectivity index (χ0) is 7.68. The van der Waals surface area contributed by atoms with Crippen LogP contribution in [0.5, 0.6) is 0 Å². The molecule has 2 aromatic heterocycles. The van der Waals surface area contributed by atoms with Gasteiger partial charge < -0.3 is 5.21 Å². The first-order chi connectivity index (χ1) is 5.38. The van der Waals surface area contributed by atoms with Crippen LogP contribution >= 0.6 is 0 Å². The highest BCUT2D eigenvalue weighted by Gasteiger charge is 2.03. The van der Waals surface area contributed by atoms with Gasteiger partial charge in [-0.2, -0.15) is 0 Å². The topological polar surface area (TPSA) is 65.6 Å². The Kier molecular flexibility index (Phi) is 1.15. The summed E-state index contributed by atoms with van der Waals surface area (Å²) >= 11 is 0. The van der Waals surface area contributed by atoms with Crippen molar-refractivity contribution in [1.29, 1.82) is 0 Å². The van der Waals surface area contributed by atoms with E-state index in [-0.39, 0.29) is 5.65 Å². The van der Waals surface area contributed by atoms with Crippen molar-refractivity contribution in [2.24, 2.45) is 0 Å². The highest BCUT2D eigenvalue weighted by atomic mass is 16.5. The van der Waals surface area contributed by atoms with Crippen molar-refractivity contribution < 1.29 is 4.85 Å². The first-order valence-corrected chi connectivity index (χ1v) is 3.04. The van der Waals surface area contributed by atoms with E-state index >= 15 is 0 Å². The first-order valence-electron chi connectivity index (χ1n) is 3.04. The summed E-state index contributed by atoms with van der Waals surface area (Å²) in [4.78, 5) is 0.447. The molecule has 0 radical (unpaired) electrons. The third-order valence-electron chi connectivity index (χ3n) is 1.34. The molecule has 0 amide bonds. The number of fused-ring (bicyclic) bond motifs is 1. The maximum atomic E-state index is 10.9. The largest absolute Gasteiger partial charge is 0.690 e. The Balaban J connectivity index is 2.91. The fourth-order valence-corrected chi connectivity index (χ4v) is 0.842. The Labute approximate surface area is 61.9 Å². The molecule has 0 spiro atoms. The number of hydrogen-bond donors (Lipinski definition) is 0. The van der Waals surface area contributed by atoms with E-state index in [1.54, 1.807) is 12.1 Å². The summed E-state index contributed by atoms with van der Waals surface area (Å²) in [7, 11) is 0. The van der Waals surface area contributed by atoms with Crippen LogP contribution in [0.25, 0.3) is 11.0 Å². The fourth-order valence-electron chi connectivity index (χ4n) is 0.842. The second-order valence-corrected chi connectivity index (χ2v) is 2.01. The van der Waals surface area contributed by atoms with Gasteiger partial charge in [0, 0.05) is 0 Å². The third-order valence-corrected chi connectivity index (χ3v) is 1.34. The molecule has 54 valence electrons. The predicted molar refractivity (Wildman–Crippen MR) is 36.3 cm³/mol. The Morgan fingerprint density at radius 3 is 2.91 bits per heavy atom. The summed E-state index contributed by atoms with van der Waals surface area (Å²) in [5.41, 5.74) is 0.245. The predicted octanol–water partition coefficient (Wildman–Crippen LogP) is -0.342. The normalized spacial score (nSPS) is 10.2. The number of aromatic nitrogens is 4. The van der Waals surface area contributed by atoms with Gasteiger partial charge in [0.15, 0.2) is 0 Å². The van der Waals surface area contributed by atoms with E-state index in [0.717, 1.165) is 5.39 Å². The van der Waals surface area contributed by atoms with Crippen LogP contribution in [0.3, 0.4) is 0 Å². The van der Waals surface area contributed by atoms with Crippen LogP contribution in [0.1, 0.15) is 0 Å². The molecule has 5 nitrogen and oxygen atoms in total. The highest BCUT2D eigenvalue weighted by Crippen LogP contribution is 2.00. The van der Waals surface area contributed by atoms with Gasteiger partial charge in [-0.25, -0.2) is 0 Å². The molecule has 0 atom stereocenters. The maximum absolute atomic E-state index is 10.9. The molecule has 2 rings (SSSR count). The van der Waals surface area contributed by atoms with E-state index in [4.69, 9.17) is 0 Å². The Bertz CT molecular complexity index is 384. The van der Waals surface area contributed by atoms with Crippen molar-refractivity contribution in [3.8, 4) is 0 Å².